The summed E-state index contributed by atoms with van der Waals surface area (Å²) in [5.74, 6) is 0.967. The van der Waals surface area contributed by atoms with Gasteiger partial charge in [-0.2, -0.15) is 5.26 Å². The Morgan fingerprint density at radius 1 is 1.54 bits per heavy atom. The Morgan fingerprint density at radius 3 is 2.77 bits per heavy atom. The molecule has 1 fully saturated rings. The molecule has 65 valence electrons. The number of aromatic nitrogens is 1. The Kier molecular flexibility index (Phi) is 1.97. The lowest BCUT2D eigenvalue weighted by atomic mass is 10.1. The Labute approximate surface area is 82.2 Å². The lowest BCUT2D eigenvalue weighted by Crippen LogP contribution is -1.92. The second-order valence-corrected chi connectivity index (χ2v) is 3.65. The molecule has 2 unspecified atom stereocenters. The van der Waals surface area contributed by atoms with Gasteiger partial charge in [0.1, 0.15) is 16.9 Å². The summed E-state index contributed by atoms with van der Waals surface area (Å²) in [5, 5.41) is 9.20. The highest BCUT2D eigenvalue weighted by atomic mass is 35.5. The van der Waals surface area contributed by atoms with Gasteiger partial charge < -0.3 is 0 Å². The van der Waals surface area contributed by atoms with Crippen molar-refractivity contribution in [3.63, 3.8) is 0 Å². The minimum atomic E-state index is 0.383. The first-order valence-corrected chi connectivity index (χ1v) is 4.51. The topological polar surface area (TPSA) is 36.7 Å². The van der Waals surface area contributed by atoms with Crippen molar-refractivity contribution in [3.8, 4) is 6.07 Å². The first-order valence-electron chi connectivity index (χ1n) is 4.14. The van der Waals surface area contributed by atoms with E-state index >= 15 is 0 Å². The van der Waals surface area contributed by atoms with Crippen molar-refractivity contribution in [2.75, 3.05) is 0 Å². The molecule has 1 radical (unpaired) electrons. The van der Waals surface area contributed by atoms with Gasteiger partial charge in [-0.25, -0.2) is 4.98 Å². The number of halogens is 1. The molecule has 0 N–H and O–H groups in total. The number of hydrogen-bond donors (Lipinski definition) is 0. The predicted molar refractivity (Wildman–Crippen MR) is 50.2 cm³/mol. The highest BCUT2D eigenvalue weighted by Crippen LogP contribution is 2.46. The summed E-state index contributed by atoms with van der Waals surface area (Å²) in [7, 11) is 0. The molecule has 0 bridgehead atoms. The van der Waals surface area contributed by atoms with Gasteiger partial charge in [0.05, 0.1) is 0 Å². The molecule has 0 spiro atoms. The number of hydrogen-bond acceptors (Lipinski definition) is 2. The molecule has 0 saturated heterocycles. The molecule has 1 aliphatic rings. The van der Waals surface area contributed by atoms with Gasteiger partial charge in [0.2, 0.25) is 0 Å². The van der Waals surface area contributed by atoms with Crippen LogP contribution in [0, 0.1) is 23.7 Å². The van der Waals surface area contributed by atoms with Crippen molar-refractivity contribution in [2.24, 2.45) is 5.92 Å². The van der Waals surface area contributed by atoms with Crippen LogP contribution in [0.15, 0.2) is 12.1 Å². The van der Waals surface area contributed by atoms with E-state index in [1.807, 2.05) is 6.07 Å². The highest BCUT2D eigenvalue weighted by molar-refractivity contribution is 6.29. The van der Waals surface area contributed by atoms with Crippen molar-refractivity contribution < 1.29 is 0 Å². The standard InChI is InChI=1S/C10H8ClN2/c1-6-4-8(6)7-2-3-10(11)13-9(7)5-12/h2-4,6,8H,1H3. The fraction of sp³-hybridized carbons (Fsp3) is 0.300. The van der Waals surface area contributed by atoms with Crippen LogP contribution in [0.1, 0.15) is 24.1 Å². The second kappa shape index (κ2) is 3.01. The van der Waals surface area contributed by atoms with Crippen LogP contribution in [-0.4, -0.2) is 4.98 Å². The molecule has 1 heterocycles. The van der Waals surface area contributed by atoms with Gasteiger partial charge in [0, 0.05) is 0 Å². The lowest BCUT2D eigenvalue weighted by molar-refractivity contribution is 0.909. The monoisotopic (exact) mass is 191 g/mol. The van der Waals surface area contributed by atoms with Gasteiger partial charge in [-0.1, -0.05) is 24.6 Å². The van der Waals surface area contributed by atoms with E-state index in [-0.39, 0.29) is 0 Å². The van der Waals surface area contributed by atoms with Crippen molar-refractivity contribution >= 4 is 11.6 Å². The van der Waals surface area contributed by atoms with Gasteiger partial charge in [-0.15, -0.1) is 0 Å². The van der Waals surface area contributed by atoms with E-state index < -0.39 is 0 Å². The SMILES string of the molecule is CC1[CH]C1c1ccc(Cl)nc1C#N. The summed E-state index contributed by atoms with van der Waals surface area (Å²) >= 11 is 5.68. The Morgan fingerprint density at radius 2 is 2.23 bits per heavy atom. The number of nitrogens with zero attached hydrogens (tertiary/aromatic N) is 2. The molecule has 2 atom stereocenters. The molecule has 0 aliphatic heterocycles. The van der Waals surface area contributed by atoms with Crippen LogP contribution in [0.4, 0.5) is 0 Å². The minimum absolute atomic E-state index is 0.383. The molecule has 3 heteroatoms. The van der Waals surface area contributed by atoms with Gasteiger partial charge in [0.25, 0.3) is 0 Å². The van der Waals surface area contributed by atoms with Gasteiger partial charge in [0.15, 0.2) is 0 Å². The molecule has 1 aliphatic carbocycles. The normalized spacial score (nSPS) is 25.3. The average Bonchev–Trinajstić information content (AvgIpc) is 2.82. The van der Waals surface area contributed by atoms with Crippen molar-refractivity contribution in [3.05, 3.63) is 35.0 Å². The largest absolute Gasteiger partial charge is 0.225 e. The quantitative estimate of drug-likeness (QED) is 0.640. The second-order valence-electron chi connectivity index (χ2n) is 3.26. The fourth-order valence-electron chi connectivity index (χ4n) is 1.45. The molecule has 0 amide bonds. The maximum atomic E-state index is 8.82. The number of rotatable bonds is 1. The molecular formula is C10H8ClN2. The smallest absolute Gasteiger partial charge is 0.145 e. The van der Waals surface area contributed by atoms with E-state index in [2.05, 4.69) is 24.4 Å². The molecule has 1 aromatic rings. The van der Waals surface area contributed by atoms with Crippen molar-refractivity contribution in [1.29, 1.82) is 5.26 Å². The third-order valence-corrected chi connectivity index (χ3v) is 2.50. The summed E-state index contributed by atoms with van der Waals surface area (Å²) in [5.41, 5.74) is 1.46. The predicted octanol–water partition coefficient (Wildman–Crippen LogP) is 2.54. The Bertz CT molecular complexity index is 381. The fourth-order valence-corrected chi connectivity index (χ4v) is 1.60. The van der Waals surface area contributed by atoms with Crippen molar-refractivity contribution in [1.82, 2.24) is 4.98 Å². The zero-order chi connectivity index (χ0) is 9.42. The zero-order valence-corrected chi connectivity index (χ0v) is 7.92. The van der Waals surface area contributed by atoms with E-state index in [0.717, 1.165) is 5.56 Å². The lowest BCUT2D eigenvalue weighted by Gasteiger charge is -2.00. The molecule has 1 aromatic heterocycles. The van der Waals surface area contributed by atoms with E-state index in [1.165, 1.54) is 0 Å². The molecule has 13 heavy (non-hydrogen) atoms. The Hall–Kier alpha value is -1.07. The average molecular weight is 192 g/mol. The molecule has 2 nitrogen and oxygen atoms in total. The summed E-state index contributed by atoms with van der Waals surface area (Å²) in [6.45, 7) is 2.13. The molecule has 1 saturated carbocycles. The first-order chi connectivity index (χ1) is 6.22. The minimum Gasteiger partial charge on any atom is -0.225 e. The number of pyridine rings is 1. The highest BCUT2D eigenvalue weighted by Gasteiger charge is 2.36. The van der Waals surface area contributed by atoms with Crippen LogP contribution in [0.25, 0.3) is 0 Å². The summed E-state index contributed by atoms with van der Waals surface area (Å²) in [6.07, 6.45) is 2.19. The summed E-state index contributed by atoms with van der Waals surface area (Å²) < 4.78 is 0. The molecule has 0 aromatic carbocycles. The maximum Gasteiger partial charge on any atom is 0.145 e. The van der Waals surface area contributed by atoms with Crippen LogP contribution in [0.3, 0.4) is 0 Å². The van der Waals surface area contributed by atoms with Crippen LogP contribution in [0.2, 0.25) is 5.15 Å². The molecule has 2 rings (SSSR count). The summed E-state index contributed by atoms with van der Waals surface area (Å²) in [4.78, 5) is 3.97. The van der Waals surface area contributed by atoms with Gasteiger partial charge >= 0.3 is 0 Å². The third kappa shape index (κ3) is 1.52. The van der Waals surface area contributed by atoms with Crippen LogP contribution < -0.4 is 0 Å². The third-order valence-electron chi connectivity index (χ3n) is 2.29. The zero-order valence-electron chi connectivity index (χ0n) is 7.16. The molecular weight excluding hydrogens is 184 g/mol. The van der Waals surface area contributed by atoms with E-state index in [1.54, 1.807) is 6.07 Å². The van der Waals surface area contributed by atoms with E-state index in [9.17, 15) is 0 Å². The first kappa shape index (κ1) is 8.52. The van der Waals surface area contributed by atoms with Crippen LogP contribution >= 0.6 is 11.6 Å². The van der Waals surface area contributed by atoms with E-state index in [4.69, 9.17) is 16.9 Å². The van der Waals surface area contributed by atoms with Crippen LogP contribution in [-0.2, 0) is 0 Å². The summed E-state index contributed by atoms with van der Waals surface area (Å²) in [6, 6.07) is 5.68. The van der Waals surface area contributed by atoms with Gasteiger partial charge in [-0.3, -0.25) is 0 Å². The maximum absolute atomic E-state index is 8.82. The van der Waals surface area contributed by atoms with E-state index in [0.29, 0.717) is 22.7 Å². The van der Waals surface area contributed by atoms with Crippen LogP contribution in [0.5, 0.6) is 0 Å². The Balaban J connectivity index is 2.41. The van der Waals surface area contributed by atoms with Crippen molar-refractivity contribution in [2.45, 2.75) is 12.8 Å². The van der Waals surface area contributed by atoms with Gasteiger partial charge in [-0.05, 0) is 29.9 Å². The number of nitriles is 1.